The second-order valence-electron chi connectivity index (χ2n) is 5.05. The van der Waals surface area contributed by atoms with E-state index in [4.69, 9.17) is 15.7 Å². The molecule has 1 aliphatic rings. The smallest absolute Gasteiger partial charge is 0.170 e. The number of benzene rings is 1. The van der Waals surface area contributed by atoms with Crippen LogP contribution in [-0.4, -0.2) is 42.2 Å². The van der Waals surface area contributed by atoms with Gasteiger partial charge in [-0.3, -0.25) is 4.90 Å². The molecule has 2 rings (SSSR count). The molecule has 1 heterocycles. The number of nitrogens with zero attached hydrogens (tertiary/aromatic N) is 2. The van der Waals surface area contributed by atoms with Crippen LogP contribution in [0.3, 0.4) is 0 Å². The van der Waals surface area contributed by atoms with Crippen molar-refractivity contribution < 1.29 is 14.3 Å². The Morgan fingerprint density at radius 2 is 2.20 bits per heavy atom. The topological polar surface area (TPSA) is 71.1 Å². The van der Waals surface area contributed by atoms with Crippen LogP contribution in [-0.2, 0) is 11.3 Å². The Hall–Kier alpha value is -1.66. The van der Waals surface area contributed by atoms with Gasteiger partial charge in [-0.15, -0.1) is 0 Å². The Bertz CT molecular complexity index is 487. The molecule has 1 fully saturated rings. The summed E-state index contributed by atoms with van der Waals surface area (Å²) in [5.74, 6) is -0.469. The normalized spacial score (nSPS) is 17.6. The molecule has 0 atom stereocenters. The third kappa shape index (κ3) is 3.46. The molecule has 1 aromatic carbocycles. The number of oxime groups is 1. The lowest BCUT2D eigenvalue weighted by molar-refractivity contribution is 0.0407. The van der Waals surface area contributed by atoms with E-state index in [0.717, 1.165) is 31.6 Å². The summed E-state index contributed by atoms with van der Waals surface area (Å²) >= 11 is 0. The summed E-state index contributed by atoms with van der Waals surface area (Å²) in [6, 6.07) is 4.80. The first-order valence-electron chi connectivity index (χ1n) is 6.66. The summed E-state index contributed by atoms with van der Waals surface area (Å²) in [6.45, 7) is 2.16. The van der Waals surface area contributed by atoms with Crippen LogP contribution in [0.1, 0.15) is 24.0 Å². The highest BCUT2D eigenvalue weighted by Crippen LogP contribution is 2.18. The number of halogens is 1. The molecule has 5 nitrogen and oxygen atoms in total. The third-order valence-corrected chi connectivity index (χ3v) is 3.69. The lowest BCUT2D eigenvalue weighted by atomic mass is 10.0. The fraction of sp³-hybridized carbons (Fsp3) is 0.500. The number of hydrogen-bond donors (Lipinski definition) is 2. The van der Waals surface area contributed by atoms with E-state index in [-0.39, 0.29) is 5.84 Å². The van der Waals surface area contributed by atoms with E-state index in [9.17, 15) is 4.39 Å². The monoisotopic (exact) mass is 281 g/mol. The van der Waals surface area contributed by atoms with Crippen molar-refractivity contribution in [1.82, 2.24) is 4.90 Å². The van der Waals surface area contributed by atoms with E-state index in [0.29, 0.717) is 18.2 Å². The minimum absolute atomic E-state index is 0.0696. The zero-order chi connectivity index (χ0) is 14.5. The van der Waals surface area contributed by atoms with Gasteiger partial charge in [0.1, 0.15) is 5.82 Å². The van der Waals surface area contributed by atoms with Crippen LogP contribution in [0, 0.1) is 5.82 Å². The molecule has 1 saturated heterocycles. The van der Waals surface area contributed by atoms with Crippen molar-refractivity contribution in [1.29, 1.82) is 0 Å². The van der Waals surface area contributed by atoms with Gasteiger partial charge in [0.05, 0.1) is 0 Å². The highest BCUT2D eigenvalue weighted by molar-refractivity contribution is 5.98. The summed E-state index contributed by atoms with van der Waals surface area (Å²) in [4.78, 5) is 2.20. The summed E-state index contributed by atoms with van der Waals surface area (Å²) in [5.41, 5.74) is 6.89. The van der Waals surface area contributed by atoms with Gasteiger partial charge in [0, 0.05) is 31.4 Å². The average Bonchev–Trinajstić information content (AvgIpc) is 2.49. The van der Waals surface area contributed by atoms with Gasteiger partial charge in [0.2, 0.25) is 0 Å². The van der Waals surface area contributed by atoms with Gasteiger partial charge in [-0.1, -0.05) is 11.2 Å². The van der Waals surface area contributed by atoms with E-state index in [2.05, 4.69) is 10.1 Å². The minimum atomic E-state index is -0.399. The van der Waals surface area contributed by atoms with Crippen LogP contribution in [0.4, 0.5) is 4.39 Å². The first-order chi connectivity index (χ1) is 9.61. The maximum atomic E-state index is 13.3. The summed E-state index contributed by atoms with van der Waals surface area (Å²) in [6.07, 6.45) is 1.97. The highest BCUT2D eigenvalue weighted by Gasteiger charge is 2.20. The number of rotatable bonds is 4. The van der Waals surface area contributed by atoms with E-state index >= 15 is 0 Å². The standard InChI is InChI=1S/C14H20FN3O2/c1-18(12-4-6-20-7-5-12)9-10-2-3-11(15)8-13(10)14(16)17-19/h2-3,8,12,19H,4-7,9H2,1H3,(H2,16,17). The molecule has 110 valence electrons. The Kier molecular flexibility index (Phi) is 4.92. The van der Waals surface area contributed by atoms with Crippen molar-refractivity contribution in [2.24, 2.45) is 10.9 Å². The maximum absolute atomic E-state index is 13.3. The van der Waals surface area contributed by atoms with Gasteiger partial charge in [0.25, 0.3) is 0 Å². The molecule has 0 aromatic heterocycles. The van der Waals surface area contributed by atoms with Crippen LogP contribution >= 0.6 is 0 Å². The Balaban J connectivity index is 2.15. The molecule has 0 unspecified atom stereocenters. The minimum Gasteiger partial charge on any atom is -0.409 e. The molecule has 0 radical (unpaired) electrons. The van der Waals surface area contributed by atoms with Crippen molar-refractivity contribution in [3.05, 3.63) is 35.1 Å². The van der Waals surface area contributed by atoms with Crippen LogP contribution in [0.2, 0.25) is 0 Å². The highest BCUT2D eigenvalue weighted by atomic mass is 19.1. The molecule has 0 spiro atoms. The Morgan fingerprint density at radius 1 is 1.50 bits per heavy atom. The number of hydrogen-bond acceptors (Lipinski definition) is 4. The number of nitrogens with two attached hydrogens (primary N) is 1. The van der Waals surface area contributed by atoms with E-state index in [1.165, 1.54) is 12.1 Å². The third-order valence-electron chi connectivity index (χ3n) is 3.69. The van der Waals surface area contributed by atoms with Crippen molar-refractivity contribution in [3.8, 4) is 0 Å². The predicted octanol–water partition coefficient (Wildman–Crippen LogP) is 1.53. The van der Waals surface area contributed by atoms with Gasteiger partial charge >= 0.3 is 0 Å². The molecule has 0 aliphatic carbocycles. The predicted molar refractivity (Wildman–Crippen MR) is 74.2 cm³/mol. The fourth-order valence-corrected chi connectivity index (χ4v) is 2.50. The maximum Gasteiger partial charge on any atom is 0.170 e. The van der Waals surface area contributed by atoms with E-state index in [1.807, 2.05) is 7.05 Å². The molecular weight excluding hydrogens is 261 g/mol. The van der Waals surface area contributed by atoms with Gasteiger partial charge in [-0.05, 0) is 37.6 Å². The van der Waals surface area contributed by atoms with Gasteiger partial charge < -0.3 is 15.7 Å². The summed E-state index contributed by atoms with van der Waals surface area (Å²) in [5, 5.41) is 11.8. The Labute approximate surface area is 117 Å². The first-order valence-corrected chi connectivity index (χ1v) is 6.66. The van der Waals surface area contributed by atoms with Crippen molar-refractivity contribution in [3.63, 3.8) is 0 Å². The molecule has 6 heteroatoms. The van der Waals surface area contributed by atoms with Crippen LogP contribution < -0.4 is 5.73 Å². The molecule has 0 saturated carbocycles. The zero-order valence-corrected chi connectivity index (χ0v) is 11.6. The lowest BCUT2D eigenvalue weighted by Crippen LogP contribution is -2.36. The largest absolute Gasteiger partial charge is 0.409 e. The van der Waals surface area contributed by atoms with Crippen molar-refractivity contribution >= 4 is 5.84 Å². The second-order valence-corrected chi connectivity index (χ2v) is 5.05. The molecule has 1 aromatic rings. The van der Waals surface area contributed by atoms with Crippen LogP contribution in [0.15, 0.2) is 23.4 Å². The Morgan fingerprint density at radius 3 is 2.85 bits per heavy atom. The molecule has 1 aliphatic heterocycles. The first kappa shape index (κ1) is 14.7. The summed E-state index contributed by atoms with van der Waals surface area (Å²) < 4.78 is 18.7. The summed E-state index contributed by atoms with van der Waals surface area (Å²) in [7, 11) is 2.02. The molecule has 0 bridgehead atoms. The average molecular weight is 281 g/mol. The van der Waals surface area contributed by atoms with E-state index < -0.39 is 5.82 Å². The quantitative estimate of drug-likeness (QED) is 0.380. The molecule has 20 heavy (non-hydrogen) atoms. The lowest BCUT2D eigenvalue weighted by Gasteiger charge is -2.31. The fourth-order valence-electron chi connectivity index (χ4n) is 2.50. The van der Waals surface area contributed by atoms with Crippen molar-refractivity contribution in [2.75, 3.05) is 20.3 Å². The SMILES string of the molecule is CN(Cc1ccc(F)cc1C(N)=NO)C1CCOCC1. The molecule has 3 N–H and O–H groups in total. The van der Waals surface area contributed by atoms with Gasteiger partial charge in [0.15, 0.2) is 5.84 Å². The van der Waals surface area contributed by atoms with E-state index in [1.54, 1.807) is 6.07 Å². The van der Waals surface area contributed by atoms with Crippen LogP contribution in [0.25, 0.3) is 0 Å². The zero-order valence-electron chi connectivity index (χ0n) is 11.6. The van der Waals surface area contributed by atoms with Gasteiger partial charge in [-0.25, -0.2) is 4.39 Å². The van der Waals surface area contributed by atoms with Gasteiger partial charge in [-0.2, -0.15) is 0 Å². The molecular formula is C14H20FN3O2. The molecule has 0 amide bonds. The van der Waals surface area contributed by atoms with Crippen molar-refractivity contribution in [2.45, 2.75) is 25.4 Å². The second kappa shape index (κ2) is 6.67. The number of amidine groups is 1. The number of ether oxygens (including phenoxy) is 1. The van der Waals surface area contributed by atoms with Crippen LogP contribution in [0.5, 0.6) is 0 Å².